The maximum Gasteiger partial charge on any atom is 0.243 e. The summed E-state index contributed by atoms with van der Waals surface area (Å²) in [6.07, 6.45) is 2.01. The van der Waals surface area contributed by atoms with Crippen LogP contribution in [0.2, 0.25) is 0 Å². The molecule has 2 unspecified atom stereocenters. The van der Waals surface area contributed by atoms with Gasteiger partial charge in [0, 0.05) is 33.3 Å². The van der Waals surface area contributed by atoms with Crippen molar-refractivity contribution in [3.05, 3.63) is 30.1 Å². The largest absolute Gasteiger partial charge is 0.489 e. The number of halogens is 2. The molecule has 2 atom stereocenters. The molecule has 0 spiro atoms. The minimum Gasteiger partial charge on any atom is -0.489 e. The van der Waals surface area contributed by atoms with Crippen LogP contribution in [0, 0.1) is 5.82 Å². The van der Waals surface area contributed by atoms with Gasteiger partial charge in [0.1, 0.15) is 24.2 Å². The molecule has 0 aromatic heterocycles. The Labute approximate surface area is 183 Å². The summed E-state index contributed by atoms with van der Waals surface area (Å²) < 4.78 is 24.6. The Kier molecular flexibility index (Phi) is 11.1. The smallest absolute Gasteiger partial charge is 0.243 e. The average molecular weight is 508 g/mol. The second-order valence-electron chi connectivity index (χ2n) is 6.74. The third-order valence-electron chi connectivity index (χ3n) is 4.08. The molecule has 9 heteroatoms. The number of guanidine groups is 1. The van der Waals surface area contributed by atoms with Gasteiger partial charge in [-0.25, -0.2) is 9.38 Å². The number of ether oxygens (including phenoxy) is 2. The number of carbonyl (C=O) groups excluding carboxylic acids is 1. The Morgan fingerprint density at radius 2 is 2.21 bits per heavy atom. The number of hydrogen-bond donors (Lipinski definition) is 2. The van der Waals surface area contributed by atoms with Crippen LogP contribution in [0.3, 0.4) is 0 Å². The fraction of sp³-hybridized carbons (Fsp3) is 0.579. The number of nitrogens with zero attached hydrogens (tertiary/aromatic N) is 2. The molecule has 7 nitrogen and oxygen atoms in total. The number of hydrogen-bond acceptors (Lipinski definition) is 4. The zero-order valence-corrected chi connectivity index (χ0v) is 18.9. The standard InChI is InChI=1S/C19H29FN4O3.HI/c1-14(27-16-7-4-6-15(20)10-16)11-21-19(23-13-18(25)24(2)3)22-12-17-8-5-9-26-17;/h4,6-7,10,14,17H,5,8-9,11-13H2,1-3H3,(H2,21,22,23);1H. The Hall–Kier alpha value is -1.62. The van der Waals surface area contributed by atoms with Crippen molar-refractivity contribution < 1.29 is 18.7 Å². The molecule has 2 N–H and O–H groups in total. The van der Waals surface area contributed by atoms with Crippen molar-refractivity contribution in [1.29, 1.82) is 0 Å². The average Bonchev–Trinajstić information content (AvgIpc) is 3.14. The first kappa shape index (κ1) is 24.4. The lowest BCUT2D eigenvalue weighted by Crippen LogP contribution is -2.44. The predicted molar refractivity (Wildman–Crippen MR) is 118 cm³/mol. The number of amides is 1. The topological polar surface area (TPSA) is 75.2 Å². The highest BCUT2D eigenvalue weighted by Crippen LogP contribution is 2.13. The second kappa shape index (κ2) is 12.8. The summed E-state index contributed by atoms with van der Waals surface area (Å²) >= 11 is 0. The van der Waals surface area contributed by atoms with Gasteiger partial charge in [0.25, 0.3) is 0 Å². The van der Waals surface area contributed by atoms with E-state index in [1.807, 2.05) is 6.92 Å². The van der Waals surface area contributed by atoms with Crippen molar-refractivity contribution in [2.75, 3.05) is 40.3 Å². The summed E-state index contributed by atoms with van der Waals surface area (Å²) in [4.78, 5) is 17.6. The third kappa shape index (κ3) is 9.05. The molecule has 28 heavy (non-hydrogen) atoms. The molecule has 0 radical (unpaired) electrons. The van der Waals surface area contributed by atoms with Crippen molar-refractivity contribution in [3.63, 3.8) is 0 Å². The van der Waals surface area contributed by atoms with Crippen LogP contribution in [0.4, 0.5) is 4.39 Å². The fourth-order valence-electron chi connectivity index (χ4n) is 2.53. The van der Waals surface area contributed by atoms with Gasteiger partial charge in [-0.2, -0.15) is 0 Å². The molecule has 1 fully saturated rings. The van der Waals surface area contributed by atoms with E-state index in [9.17, 15) is 9.18 Å². The lowest BCUT2D eigenvalue weighted by atomic mass is 10.2. The highest BCUT2D eigenvalue weighted by atomic mass is 127. The molecule has 1 aliphatic rings. The summed E-state index contributed by atoms with van der Waals surface area (Å²) in [5.74, 6) is 0.570. The van der Waals surface area contributed by atoms with Gasteiger partial charge in [0.2, 0.25) is 5.91 Å². The molecule has 158 valence electrons. The summed E-state index contributed by atoms with van der Waals surface area (Å²) in [6.45, 7) is 3.78. The highest BCUT2D eigenvalue weighted by Gasteiger charge is 2.16. The van der Waals surface area contributed by atoms with Gasteiger partial charge in [-0.05, 0) is 31.9 Å². The van der Waals surface area contributed by atoms with Crippen molar-refractivity contribution in [2.45, 2.75) is 32.0 Å². The fourth-order valence-corrected chi connectivity index (χ4v) is 2.53. The molecular weight excluding hydrogens is 478 g/mol. The Morgan fingerprint density at radius 3 is 2.86 bits per heavy atom. The van der Waals surface area contributed by atoms with Crippen LogP contribution in [-0.4, -0.2) is 69.3 Å². The molecule has 1 amide bonds. The quantitative estimate of drug-likeness (QED) is 0.320. The van der Waals surface area contributed by atoms with Gasteiger partial charge >= 0.3 is 0 Å². The van der Waals surface area contributed by atoms with Gasteiger partial charge in [-0.1, -0.05) is 6.07 Å². The Balaban J connectivity index is 0.00000392. The number of benzene rings is 1. The summed E-state index contributed by atoms with van der Waals surface area (Å²) in [5.41, 5.74) is 0. The molecule has 2 rings (SSSR count). The number of likely N-dealkylation sites (N-methyl/N-ethyl adjacent to an activating group) is 1. The van der Waals surface area contributed by atoms with Crippen molar-refractivity contribution in [3.8, 4) is 5.75 Å². The summed E-state index contributed by atoms with van der Waals surface area (Å²) in [7, 11) is 3.39. The maximum atomic E-state index is 13.2. The number of carbonyl (C=O) groups is 1. The first-order valence-electron chi connectivity index (χ1n) is 9.20. The van der Waals surface area contributed by atoms with Crippen molar-refractivity contribution in [2.24, 2.45) is 4.99 Å². The van der Waals surface area contributed by atoms with Gasteiger partial charge in [-0.15, -0.1) is 24.0 Å². The van der Waals surface area contributed by atoms with E-state index in [1.165, 1.54) is 17.0 Å². The molecule has 0 bridgehead atoms. The number of rotatable bonds is 8. The van der Waals surface area contributed by atoms with E-state index < -0.39 is 0 Å². The minimum absolute atomic E-state index is 0. The zero-order chi connectivity index (χ0) is 19.6. The van der Waals surface area contributed by atoms with E-state index in [4.69, 9.17) is 9.47 Å². The number of nitrogens with one attached hydrogen (secondary N) is 2. The SMILES string of the molecule is CC(CNC(=NCC(=O)N(C)C)NCC1CCCO1)Oc1cccc(F)c1.I. The van der Waals surface area contributed by atoms with Gasteiger partial charge in [0.05, 0.1) is 12.6 Å². The molecule has 1 saturated heterocycles. The molecule has 1 aliphatic heterocycles. The first-order valence-corrected chi connectivity index (χ1v) is 9.20. The van der Waals surface area contributed by atoms with Crippen LogP contribution in [0.1, 0.15) is 19.8 Å². The van der Waals surface area contributed by atoms with Crippen LogP contribution < -0.4 is 15.4 Å². The predicted octanol–water partition coefficient (Wildman–Crippen LogP) is 2.01. The first-order chi connectivity index (χ1) is 12.9. The zero-order valence-electron chi connectivity index (χ0n) is 16.6. The van der Waals surface area contributed by atoms with Crippen LogP contribution in [-0.2, 0) is 9.53 Å². The lowest BCUT2D eigenvalue weighted by molar-refractivity contribution is -0.127. The monoisotopic (exact) mass is 508 g/mol. The van der Waals surface area contributed by atoms with Gasteiger partial charge < -0.3 is 25.0 Å². The van der Waals surface area contributed by atoms with Crippen LogP contribution in [0.15, 0.2) is 29.3 Å². The van der Waals surface area contributed by atoms with Gasteiger partial charge in [-0.3, -0.25) is 4.79 Å². The van der Waals surface area contributed by atoms with Gasteiger partial charge in [0.15, 0.2) is 5.96 Å². The molecule has 0 saturated carbocycles. The summed E-state index contributed by atoms with van der Waals surface area (Å²) in [6, 6.07) is 6.03. The minimum atomic E-state index is -0.338. The van der Waals surface area contributed by atoms with E-state index in [0.29, 0.717) is 24.8 Å². The van der Waals surface area contributed by atoms with E-state index >= 15 is 0 Å². The van der Waals surface area contributed by atoms with Crippen LogP contribution in [0.5, 0.6) is 5.75 Å². The van der Waals surface area contributed by atoms with Crippen molar-refractivity contribution in [1.82, 2.24) is 15.5 Å². The molecular formula is C19H30FIN4O3. The van der Waals surface area contributed by atoms with E-state index in [-0.39, 0.29) is 54.5 Å². The summed E-state index contributed by atoms with van der Waals surface area (Å²) in [5, 5.41) is 6.38. The maximum absolute atomic E-state index is 13.2. The second-order valence-corrected chi connectivity index (χ2v) is 6.74. The molecule has 1 aromatic carbocycles. The van der Waals surface area contributed by atoms with Crippen molar-refractivity contribution >= 4 is 35.8 Å². The Morgan fingerprint density at radius 1 is 1.43 bits per heavy atom. The van der Waals surface area contributed by atoms with Crippen LogP contribution >= 0.6 is 24.0 Å². The third-order valence-corrected chi connectivity index (χ3v) is 4.08. The molecule has 1 heterocycles. The lowest BCUT2D eigenvalue weighted by Gasteiger charge is -2.19. The van der Waals surface area contributed by atoms with E-state index in [1.54, 1.807) is 26.2 Å². The highest BCUT2D eigenvalue weighted by molar-refractivity contribution is 14.0. The number of aliphatic imine (C=N–C) groups is 1. The van der Waals surface area contributed by atoms with Crippen LogP contribution in [0.25, 0.3) is 0 Å². The molecule has 0 aliphatic carbocycles. The molecule has 1 aromatic rings. The Bertz CT molecular complexity index is 639. The normalized spacial score (nSPS) is 17.4. The van der Waals surface area contributed by atoms with E-state index in [2.05, 4.69) is 15.6 Å². The van der Waals surface area contributed by atoms with E-state index in [0.717, 1.165) is 19.4 Å².